The van der Waals surface area contributed by atoms with E-state index in [2.05, 4.69) is 4.98 Å². The molecule has 1 N–H and O–H groups in total. The molecule has 16 heavy (non-hydrogen) atoms. The van der Waals surface area contributed by atoms with Crippen molar-refractivity contribution in [3.05, 3.63) is 44.7 Å². The molecule has 4 heteroatoms. The average molecular weight is 233 g/mol. The van der Waals surface area contributed by atoms with Crippen molar-refractivity contribution >= 4 is 22.5 Å². The molecular weight excluding hydrogens is 224 g/mol. The Morgan fingerprint density at radius 3 is 2.94 bits per heavy atom. The van der Waals surface area contributed by atoms with Crippen molar-refractivity contribution in [2.24, 2.45) is 0 Å². The van der Waals surface area contributed by atoms with Crippen LogP contribution in [-0.4, -0.2) is 4.98 Å². The molecule has 80 valence electrons. The minimum atomic E-state index is -0.223. The number of nitrogens with zero attached hydrogens (tertiary/aromatic N) is 1. The van der Waals surface area contributed by atoms with E-state index in [1.807, 2.05) is 19.1 Å². The Kier molecular flexibility index (Phi) is 2.67. The molecule has 0 aliphatic heterocycles. The van der Waals surface area contributed by atoms with Crippen LogP contribution in [0.15, 0.2) is 23.0 Å². The third-order valence-electron chi connectivity index (χ3n) is 2.56. The summed E-state index contributed by atoms with van der Waals surface area (Å²) >= 11 is 5.97. The zero-order valence-electron chi connectivity index (χ0n) is 8.67. The first kappa shape index (κ1) is 10.7. The van der Waals surface area contributed by atoms with Crippen molar-refractivity contribution < 1.29 is 0 Å². The van der Waals surface area contributed by atoms with Gasteiger partial charge in [-0.2, -0.15) is 5.26 Å². The van der Waals surface area contributed by atoms with Crippen LogP contribution in [0.2, 0.25) is 5.02 Å². The summed E-state index contributed by atoms with van der Waals surface area (Å²) in [5.41, 5.74) is 1.84. The Morgan fingerprint density at radius 2 is 2.25 bits per heavy atom. The first-order chi connectivity index (χ1) is 7.63. The van der Waals surface area contributed by atoms with E-state index in [0.717, 1.165) is 16.5 Å². The van der Waals surface area contributed by atoms with Crippen LogP contribution < -0.4 is 5.56 Å². The molecule has 3 nitrogen and oxygen atoms in total. The average Bonchev–Trinajstić information content (AvgIpc) is 2.26. The molecule has 0 atom stereocenters. The Balaban J connectivity index is 2.80. The lowest BCUT2D eigenvalue weighted by Crippen LogP contribution is -2.12. The van der Waals surface area contributed by atoms with Crippen molar-refractivity contribution in [1.82, 2.24) is 4.98 Å². The van der Waals surface area contributed by atoms with Crippen LogP contribution in [0.1, 0.15) is 11.1 Å². The molecule has 1 heterocycles. The molecule has 0 unspecified atom stereocenters. The van der Waals surface area contributed by atoms with Gasteiger partial charge in [-0.15, -0.1) is 0 Å². The number of benzene rings is 1. The van der Waals surface area contributed by atoms with Gasteiger partial charge in [-0.25, -0.2) is 0 Å². The van der Waals surface area contributed by atoms with Crippen LogP contribution in [0.3, 0.4) is 0 Å². The number of H-pyrrole nitrogens is 1. The zero-order valence-corrected chi connectivity index (χ0v) is 9.43. The molecule has 1 aromatic carbocycles. The quantitative estimate of drug-likeness (QED) is 0.822. The Bertz CT molecular complexity index is 652. The van der Waals surface area contributed by atoms with Gasteiger partial charge in [0.1, 0.15) is 0 Å². The topological polar surface area (TPSA) is 56.6 Å². The van der Waals surface area contributed by atoms with Crippen molar-refractivity contribution in [2.75, 3.05) is 0 Å². The van der Waals surface area contributed by atoms with Gasteiger partial charge >= 0.3 is 0 Å². The van der Waals surface area contributed by atoms with Crippen LogP contribution in [-0.2, 0) is 6.42 Å². The lowest BCUT2D eigenvalue weighted by Gasteiger charge is -2.05. The number of nitrogens with one attached hydrogen (secondary N) is 1. The molecule has 0 spiro atoms. The molecule has 0 bridgehead atoms. The Hall–Kier alpha value is -1.79. The summed E-state index contributed by atoms with van der Waals surface area (Å²) in [6.45, 7) is 1.85. The minimum Gasteiger partial charge on any atom is -0.321 e. The molecule has 0 aliphatic rings. The highest BCUT2D eigenvalue weighted by molar-refractivity contribution is 6.32. The summed E-state index contributed by atoms with van der Waals surface area (Å²) in [5.74, 6) is 0. The predicted octanol–water partition coefficient (Wildman–Crippen LogP) is 2.56. The van der Waals surface area contributed by atoms with E-state index in [1.165, 1.54) is 0 Å². The largest absolute Gasteiger partial charge is 0.321 e. The van der Waals surface area contributed by atoms with Gasteiger partial charge in [0, 0.05) is 10.6 Å². The molecule has 0 fully saturated rings. The SMILES string of the molecule is Cc1c(Cl)ccc2cc(CC#N)c(=O)[nH]c12. The smallest absolute Gasteiger partial charge is 0.252 e. The van der Waals surface area contributed by atoms with Crippen LogP contribution in [0.25, 0.3) is 10.9 Å². The summed E-state index contributed by atoms with van der Waals surface area (Å²) in [4.78, 5) is 14.4. The van der Waals surface area contributed by atoms with Crippen molar-refractivity contribution in [1.29, 1.82) is 5.26 Å². The summed E-state index contributed by atoms with van der Waals surface area (Å²) in [7, 11) is 0. The minimum absolute atomic E-state index is 0.118. The third kappa shape index (κ3) is 1.68. The lowest BCUT2D eigenvalue weighted by molar-refractivity contribution is 1.16. The highest BCUT2D eigenvalue weighted by Gasteiger charge is 2.06. The summed E-state index contributed by atoms with van der Waals surface area (Å²) < 4.78 is 0. The van der Waals surface area contributed by atoms with E-state index in [9.17, 15) is 4.79 Å². The first-order valence-electron chi connectivity index (χ1n) is 4.81. The number of aromatic nitrogens is 1. The van der Waals surface area contributed by atoms with Gasteiger partial charge in [-0.1, -0.05) is 17.7 Å². The van der Waals surface area contributed by atoms with Crippen molar-refractivity contribution in [3.8, 4) is 6.07 Å². The lowest BCUT2D eigenvalue weighted by atomic mass is 10.1. The number of aryl methyl sites for hydroxylation is 1. The predicted molar refractivity (Wildman–Crippen MR) is 63.6 cm³/mol. The van der Waals surface area contributed by atoms with E-state index in [1.54, 1.807) is 12.1 Å². The number of rotatable bonds is 1. The highest BCUT2D eigenvalue weighted by Crippen LogP contribution is 2.23. The van der Waals surface area contributed by atoms with Crippen molar-refractivity contribution in [3.63, 3.8) is 0 Å². The van der Waals surface area contributed by atoms with Crippen LogP contribution in [0.4, 0.5) is 0 Å². The van der Waals surface area contributed by atoms with E-state index in [0.29, 0.717) is 10.6 Å². The monoisotopic (exact) mass is 232 g/mol. The van der Waals surface area contributed by atoms with Gasteiger partial charge in [-0.3, -0.25) is 4.79 Å². The maximum absolute atomic E-state index is 11.6. The molecule has 0 saturated heterocycles. The zero-order chi connectivity index (χ0) is 11.7. The number of nitriles is 1. The fourth-order valence-corrected chi connectivity index (χ4v) is 1.81. The van der Waals surface area contributed by atoms with Crippen molar-refractivity contribution in [2.45, 2.75) is 13.3 Å². The van der Waals surface area contributed by atoms with E-state index < -0.39 is 0 Å². The number of fused-ring (bicyclic) bond motifs is 1. The van der Waals surface area contributed by atoms with Gasteiger partial charge in [0.05, 0.1) is 18.0 Å². The number of hydrogen-bond acceptors (Lipinski definition) is 2. The highest BCUT2D eigenvalue weighted by atomic mass is 35.5. The molecule has 0 saturated carbocycles. The normalized spacial score (nSPS) is 10.3. The summed E-state index contributed by atoms with van der Waals surface area (Å²) in [6, 6.07) is 7.33. The van der Waals surface area contributed by atoms with Gasteiger partial charge in [0.2, 0.25) is 0 Å². The molecule has 0 aliphatic carbocycles. The Labute approximate surface area is 97.3 Å². The molecule has 2 rings (SSSR count). The maximum Gasteiger partial charge on any atom is 0.252 e. The second-order valence-electron chi connectivity index (χ2n) is 3.60. The fourth-order valence-electron chi connectivity index (χ4n) is 1.66. The first-order valence-corrected chi connectivity index (χ1v) is 5.19. The number of halogens is 1. The van der Waals surface area contributed by atoms with Gasteiger partial charge < -0.3 is 4.98 Å². The molecule has 2 aromatic rings. The number of hydrogen-bond donors (Lipinski definition) is 1. The summed E-state index contributed by atoms with van der Waals surface area (Å²) in [5, 5.41) is 10.1. The maximum atomic E-state index is 11.6. The van der Waals surface area contributed by atoms with E-state index in [4.69, 9.17) is 16.9 Å². The Morgan fingerprint density at radius 1 is 1.50 bits per heavy atom. The molecule has 0 radical (unpaired) electrons. The number of aromatic amines is 1. The fraction of sp³-hybridized carbons (Fsp3) is 0.167. The second-order valence-corrected chi connectivity index (χ2v) is 4.00. The summed E-state index contributed by atoms with van der Waals surface area (Å²) in [6.07, 6.45) is 0.118. The van der Waals surface area contributed by atoms with Gasteiger partial charge in [0.25, 0.3) is 5.56 Å². The van der Waals surface area contributed by atoms with Crippen LogP contribution in [0.5, 0.6) is 0 Å². The van der Waals surface area contributed by atoms with Gasteiger partial charge in [0.15, 0.2) is 0 Å². The second kappa shape index (κ2) is 3.99. The molecular formula is C12H9ClN2O. The van der Waals surface area contributed by atoms with Crippen LogP contribution in [0, 0.1) is 18.3 Å². The standard InChI is InChI=1S/C12H9ClN2O/c1-7-10(13)3-2-8-6-9(4-5-14)12(16)15-11(7)8/h2-3,6H,4H2,1H3,(H,15,16). The van der Waals surface area contributed by atoms with E-state index in [-0.39, 0.29) is 12.0 Å². The third-order valence-corrected chi connectivity index (χ3v) is 2.97. The molecule has 0 amide bonds. The molecule has 1 aromatic heterocycles. The van der Waals surface area contributed by atoms with Crippen LogP contribution >= 0.6 is 11.6 Å². The van der Waals surface area contributed by atoms with Gasteiger partial charge in [-0.05, 0) is 30.0 Å². The number of pyridine rings is 1. The van der Waals surface area contributed by atoms with E-state index >= 15 is 0 Å².